The van der Waals surface area contributed by atoms with Crippen molar-refractivity contribution in [1.29, 1.82) is 0 Å². The second kappa shape index (κ2) is 8.73. The third-order valence-corrected chi connectivity index (χ3v) is 7.55. The Bertz CT molecular complexity index is 886. The maximum absolute atomic E-state index is 12.7. The smallest absolute Gasteiger partial charge is 0.233 e. The second-order valence-electron chi connectivity index (χ2n) is 9.31. The number of likely N-dealkylation sites (tertiary alicyclic amines) is 1. The maximum Gasteiger partial charge on any atom is 0.233 e. The van der Waals surface area contributed by atoms with Crippen LogP contribution in [0, 0.1) is 11.8 Å². The summed E-state index contributed by atoms with van der Waals surface area (Å²) in [7, 11) is 0. The fraction of sp³-hybridized carbons (Fsp3) is 0.625. The van der Waals surface area contributed by atoms with Crippen molar-refractivity contribution in [3.8, 4) is 11.5 Å². The van der Waals surface area contributed by atoms with E-state index in [-0.39, 0.29) is 54.7 Å². The number of nitrogens with zero attached hydrogens (tertiary/aromatic N) is 1. The van der Waals surface area contributed by atoms with E-state index in [0.29, 0.717) is 19.8 Å². The molecule has 5 rings (SSSR count). The molecule has 8 nitrogen and oxygen atoms in total. The molecule has 1 aromatic rings. The molecule has 0 spiro atoms. The van der Waals surface area contributed by atoms with E-state index in [2.05, 4.69) is 5.32 Å². The van der Waals surface area contributed by atoms with Gasteiger partial charge in [0.15, 0.2) is 11.5 Å². The molecule has 0 bridgehead atoms. The number of amides is 3. The number of benzene rings is 1. The largest absolute Gasteiger partial charge is 0.454 e. The molecule has 1 saturated carbocycles. The number of rotatable bonds is 6. The van der Waals surface area contributed by atoms with Gasteiger partial charge in [0.1, 0.15) is 0 Å². The van der Waals surface area contributed by atoms with Crippen molar-refractivity contribution in [3.63, 3.8) is 0 Å². The van der Waals surface area contributed by atoms with E-state index >= 15 is 0 Å². The first kappa shape index (κ1) is 21.2. The molecule has 3 aliphatic heterocycles. The van der Waals surface area contributed by atoms with Gasteiger partial charge in [-0.1, -0.05) is 18.9 Å². The number of ether oxygens (including phenoxy) is 3. The van der Waals surface area contributed by atoms with Crippen LogP contribution in [0.3, 0.4) is 0 Å². The molecule has 4 aliphatic rings. The minimum Gasteiger partial charge on any atom is -0.454 e. The summed E-state index contributed by atoms with van der Waals surface area (Å²) < 4.78 is 16.6. The van der Waals surface area contributed by atoms with Crippen molar-refractivity contribution in [2.75, 3.05) is 33.1 Å². The summed E-state index contributed by atoms with van der Waals surface area (Å²) in [5, 5.41) is 3.06. The number of fused-ring (bicyclic) bond motifs is 2. The summed E-state index contributed by atoms with van der Waals surface area (Å²) >= 11 is 0. The Hall–Kier alpha value is -2.61. The van der Waals surface area contributed by atoms with Crippen LogP contribution in [-0.4, -0.2) is 55.7 Å². The number of hydrogen-bond acceptors (Lipinski definition) is 6. The van der Waals surface area contributed by atoms with E-state index in [0.717, 1.165) is 55.6 Å². The Kier molecular flexibility index (Phi) is 5.80. The van der Waals surface area contributed by atoms with Gasteiger partial charge in [0, 0.05) is 38.1 Å². The summed E-state index contributed by atoms with van der Waals surface area (Å²) in [6.45, 7) is 2.12. The summed E-state index contributed by atoms with van der Waals surface area (Å²) in [6, 6.07) is 5.96. The van der Waals surface area contributed by atoms with Crippen molar-refractivity contribution < 1.29 is 28.6 Å². The molecule has 1 aromatic carbocycles. The van der Waals surface area contributed by atoms with Gasteiger partial charge in [0.25, 0.3) is 0 Å². The van der Waals surface area contributed by atoms with Crippen molar-refractivity contribution >= 4 is 17.7 Å². The number of imide groups is 1. The third-order valence-electron chi connectivity index (χ3n) is 7.55. The van der Waals surface area contributed by atoms with Gasteiger partial charge >= 0.3 is 0 Å². The van der Waals surface area contributed by atoms with Crippen LogP contribution >= 0.6 is 0 Å². The second-order valence-corrected chi connectivity index (χ2v) is 9.31. The Morgan fingerprint density at radius 1 is 1.03 bits per heavy atom. The van der Waals surface area contributed by atoms with Crippen LogP contribution in [0.1, 0.15) is 50.5 Å². The quantitative estimate of drug-likeness (QED) is 0.679. The van der Waals surface area contributed by atoms with E-state index in [1.165, 1.54) is 4.90 Å². The number of hydrogen-bond donors (Lipinski definition) is 1. The highest BCUT2D eigenvalue weighted by molar-refractivity contribution is 6.05. The number of carbonyl (C=O) groups excluding carboxylic acids is 3. The highest BCUT2D eigenvalue weighted by Gasteiger charge is 2.47. The Morgan fingerprint density at radius 3 is 2.44 bits per heavy atom. The molecule has 3 heterocycles. The monoisotopic (exact) mass is 442 g/mol. The molecule has 32 heavy (non-hydrogen) atoms. The van der Waals surface area contributed by atoms with Crippen molar-refractivity contribution in [2.24, 2.45) is 11.8 Å². The highest BCUT2D eigenvalue weighted by atomic mass is 16.7. The van der Waals surface area contributed by atoms with Crippen molar-refractivity contribution in [3.05, 3.63) is 23.8 Å². The fourth-order valence-electron chi connectivity index (χ4n) is 5.58. The lowest BCUT2D eigenvalue weighted by atomic mass is 9.74. The Labute approximate surface area is 187 Å². The van der Waals surface area contributed by atoms with Crippen molar-refractivity contribution in [2.45, 2.75) is 50.4 Å². The molecule has 8 heteroatoms. The molecule has 1 aliphatic carbocycles. The molecule has 3 fully saturated rings. The van der Waals surface area contributed by atoms with Gasteiger partial charge in [-0.25, -0.2) is 0 Å². The van der Waals surface area contributed by atoms with Crippen LogP contribution in [0.5, 0.6) is 11.5 Å². The van der Waals surface area contributed by atoms with E-state index in [4.69, 9.17) is 14.2 Å². The van der Waals surface area contributed by atoms with E-state index in [9.17, 15) is 14.4 Å². The molecule has 3 amide bonds. The molecule has 2 saturated heterocycles. The summed E-state index contributed by atoms with van der Waals surface area (Å²) in [6.07, 6.45) is 5.29. The van der Waals surface area contributed by atoms with Crippen LogP contribution in [0.4, 0.5) is 0 Å². The third kappa shape index (κ3) is 3.85. The van der Waals surface area contributed by atoms with Gasteiger partial charge in [-0.15, -0.1) is 0 Å². The minimum atomic E-state index is -0.247. The van der Waals surface area contributed by atoms with Gasteiger partial charge in [-0.2, -0.15) is 0 Å². The van der Waals surface area contributed by atoms with Gasteiger partial charge in [0.2, 0.25) is 24.5 Å². The average molecular weight is 443 g/mol. The predicted molar refractivity (Wildman–Crippen MR) is 114 cm³/mol. The SMILES string of the molecule is O=C(CCN1C(=O)C2CCCCC2C1=O)NCC1(c2ccc3c(c2)OCO3)CCOCC1. The van der Waals surface area contributed by atoms with Gasteiger partial charge in [-0.3, -0.25) is 19.3 Å². The molecule has 2 atom stereocenters. The molecule has 2 unspecified atom stereocenters. The summed E-state index contributed by atoms with van der Waals surface area (Å²) in [5.74, 6) is 0.800. The average Bonchev–Trinajstić information content (AvgIpc) is 3.39. The van der Waals surface area contributed by atoms with Gasteiger partial charge in [-0.05, 0) is 43.4 Å². The summed E-state index contributed by atoms with van der Waals surface area (Å²) in [5.41, 5.74) is 0.850. The predicted octanol–water partition coefficient (Wildman–Crippen LogP) is 2.14. The number of nitrogens with one attached hydrogen (secondary N) is 1. The van der Waals surface area contributed by atoms with Crippen LogP contribution in [0.15, 0.2) is 18.2 Å². The maximum atomic E-state index is 12.7. The minimum absolute atomic E-state index is 0.0891. The van der Waals surface area contributed by atoms with Gasteiger partial charge < -0.3 is 19.5 Å². The Morgan fingerprint density at radius 2 is 1.72 bits per heavy atom. The lowest BCUT2D eigenvalue weighted by molar-refractivity contribution is -0.140. The fourth-order valence-corrected chi connectivity index (χ4v) is 5.58. The van der Waals surface area contributed by atoms with Gasteiger partial charge in [0.05, 0.1) is 11.8 Å². The van der Waals surface area contributed by atoms with Crippen molar-refractivity contribution in [1.82, 2.24) is 10.2 Å². The first-order valence-corrected chi connectivity index (χ1v) is 11.7. The topological polar surface area (TPSA) is 94.2 Å². The first-order valence-electron chi connectivity index (χ1n) is 11.7. The number of carbonyl (C=O) groups is 3. The van der Waals surface area contributed by atoms with Crippen LogP contribution in [0.2, 0.25) is 0 Å². The lowest BCUT2D eigenvalue weighted by Crippen LogP contribution is -2.45. The van der Waals surface area contributed by atoms with E-state index in [1.54, 1.807) is 0 Å². The summed E-state index contributed by atoms with van der Waals surface area (Å²) in [4.78, 5) is 39.3. The lowest BCUT2D eigenvalue weighted by Gasteiger charge is -2.38. The molecular formula is C24H30N2O6. The normalized spacial score (nSPS) is 26.2. The molecule has 172 valence electrons. The molecule has 0 radical (unpaired) electrons. The standard InChI is InChI=1S/C24H30N2O6/c27-21(7-10-26-22(28)17-3-1-2-4-18(17)23(26)29)25-14-24(8-11-30-12-9-24)16-5-6-19-20(13-16)32-15-31-19/h5-6,13,17-18H,1-4,7-12,14-15H2,(H,25,27). The zero-order valence-electron chi connectivity index (χ0n) is 18.3. The van der Waals surface area contributed by atoms with Crippen LogP contribution < -0.4 is 14.8 Å². The molecule has 0 aromatic heterocycles. The van der Waals surface area contributed by atoms with Crippen LogP contribution in [-0.2, 0) is 24.5 Å². The zero-order valence-corrected chi connectivity index (χ0v) is 18.3. The van der Waals surface area contributed by atoms with Crippen LogP contribution in [0.25, 0.3) is 0 Å². The Balaban J connectivity index is 1.21. The molecular weight excluding hydrogens is 412 g/mol. The highest BCUT2D eigenvalue weighted by Crippen LogP contribution is 2.41. The molecule has 1 N–H and O–H groups in total. The van der Waals surface area contributed by atoms with E-state index < -0.39 is 0 Å². The zero-order chi connectivity index (χ0) is 22.1. The first-order chi connectivity index (χ1) is 15.6. The van der Waals surface area contributed by atoms with E-state index in [1.807, 2.05) is 18.2 Å².